The van der Waals surface area contributed by atoms with Crippen LogP contribution in [0.1, 0.15) is 22.3 Å². The number of nitrogens with zero attached hydrogens (tertiary/aromatic N) is 4. The van der Waals surface area contributed by atoms with E-state index in [0.29, 0.717) is 30.3 Å². The van der Waals surface area contributed by atoms with Crippen LogP contribution in [0.15, 0.2) is 48.1 Å². The van der Waals surface area contributed by atoms with Crippen LogP contribution >= 0.6 is 0 Å². The van der Waals surface area contributed by atoms with Crippen molar-refractivity contribution in [2.24, 2.45) is 11.6 Å². The number of hydrazine groups is 1. The molecule has 4 N–H and O–H groups in total. The molecule has 2 aromatic rings. The Morgan fingerprint density at radius 2 is 2.04 bits per heavy atom. The van der Waals surface area contributed by atoms with E-state index in [1.807, 2.05) is 0 Å². The van der Waals surface area contributed by atoms with E-state index in [9.17, 15) is 9.18 Å². The van der Waals surface area contributed by atoms with Crippen molar-refractivity contribution >= 4 is 11.9 Å². The minimum atomic E-state index is -0.531. The van der Waals surface area contributed by atoms with Crippen LogP contribution in [0.25, 0.3) is 0 Å². The van der Waals surface area contributed by atoms with Crippen molar-refractivity contribution in [3.05, 3.63) is 65.0 Å². The van der Waals surface area contributed by atoms with Crippen LogP contribution in [-0.4, -0.2) is 33.9 Å². The van der Waals surface area contributed by atoms with Gasteiger partial charge in [0.25, 0.3) is 5.91 Å². The third kappa shape index (κ3) is 3.43. The van der Waals surface area contributed by atoms with E-state index in [0.717, 1.165) is 5.56 Å². The molecule has 7 nitrogen and oxygen atoms in total. The highest BCUT2D eigenvalue weighted by molar-refractivity contribution is 5.94. The van der Waals surface area contributed by atoms with E-state index in [1.54, 1.807) is 31.5 Å². The number of aryl methyl sites for hydroxylation is 1. The third-order valence-corrected chi connectivity index (χ3v) is 4.05. The van der Waals surface area contributed by atoms with Gasteiger partial charge in [-0.15, -0.1) is 0 Å². The second-order valence-corrected chi connectivity index (χ2v) is 5.85. The van der Waals surface area contributed by atoms with Crippen LogP contribution in [0.3, 0.4) is 0 Å². The van der Waals surface area contributed by atoms with E-state index in [4.69, 9.17) is 11.6 Å². The first-order valence-corrected chi connectivity index (χ1v) is 7.82. The zero-order valence-corrected chi connectivity index (χ0v) is 13.8. The molecular weight excluding hydrogens is 323 g/mol. The number of anilines is 1. The van der Waals surface area contributed by atoms with Gasteiger partial charge in [0.1, 0.15) is 5.82 Å². The Kier molecular flexibility index (Phi) is 4.62. The summed E-state index contributed by atoms with van der Waals surface area (Å²) in [7, 11) is 0. The summed E-state index contributed by atoms with van der Waals surface area (Å²) in [5.41, 5.74) is 7.99. The Labute approximate surface area is 144 Å². The fraction of sp³-hybridized carbons (Fsp3) is 0.235. The van der Waals surface area contributed by atoms with Crippen molar-refractivity contribution in [2.75, 3.05) is 18.1 Å². The van der Waals surface area contributed by atoms with Crippen molar-refractivity contribution in [2.45, 2.75) is 13.3 Å². The van der Waals surface area contributed by atoms with E-state index in [1.165, 1.54) is 22.0 Å². The molecule has 0 bridgehead atoms. The Balaban J connectivity index is 1.78. The number of carbonyl (C=O) groups excluding carboxylic acids is 1. The van der Waals surface area contributed by atoms with E-state index in [-0.39, 0.29) is 18.0 Å². The van der Waals surface area contributed by atoms with Crippen LogP contribution in [0, 0.1) is 12.7 Å². The number of halogens is 1. The normalized spacial score (nSPS) is 14.6. The molecule has 0 spiro atoms. The molecular formula is C17H19FN6O. The Morgan fingerprint density at radius 3 is 2.68 bits per heavy atom. The van der Waals surface area contributed by atoms with E-state index >= 15 is 0 Å². The van der Waals surface area contributed by atoms with Crippen molar-refractivity contribution in [1.29, 1.82) is 0 Å². The highest BCUT2D eigenvalue weighted by atomic mass is 19.1. The highest BCUT2D eigenvalue weighted by Gasteiger charge is 2.27. The van der Waals surface area contributed by atoms with Crippen LogP contribution < -0.4 is 16.6 Å². The fourth-order valence-corrected chi connectivity index (χ4v) is 2.73. The molecule has 1 aliphatic heterocycles. The van der Waals surface area contributed by atoms with Gasteiger partial charge in [-0.25, -0.2) is 25.2 Å². The molecule has 3 rings (SSSR count). The number of nitrogens with two attached hydrogens (primary N) is 2. The standard InChI is InChI=1S/C17H19FN6O/c1-11-3-4-12(13(18)9-11)16(25)23-8-5-15(14(19)10-23)24(20)17-21-6-2-7-22-17/h2-4,6-7,9H,5,8,10,19-20H2,1H3. The lowest BCUT2D eigenvalue weighted by molar-refractivity contribution is 0.0757. The van der Waals surface area contributed by atoms with Gasteiger partial charge in [0.15, 0.2) is 0 Å². The van der Waals surface area contributed by atoms with Gasteiger partial charge in [0.2, 0.25) is 5.95 Å². The molecule has 0 radical (unpaired) electrons. The van der Waals surface area contributed by atoms with Crippen LogP contribution in [0.5, 0.6) is 0 Å². The van der Waals surface area contributed by atoms with E-state index in [2.05, 4.69) is 9.97 Å². The Bertz CT molecular complexity index is 823. The molecule has 0 saturated heterocycles. The molecule has 0 fully saturated rings. The zero-order chi connectivity index (χ0) is 18.0. The predicted molar refractivity (Wildman–Crippen MR) is 91.6 cm³/mol. The number of hydrogen-bond donors (Lipinski definition) is 2. The maximum Gasteiger partial charge on any atom is 0.257 e. The Hall–Kier alpha value is -3.00. The number of benzene rings is 1. The van der Waals surface area contributed by atoms with Crippen LogP contribution in [0.2, 0.25) is 0 Å². The molecule has 25 heavy (non-hydrogen) atoms. The Morgan fingerprint density at radius 1 is 1.32 bits per heavy atom. The van der Waals surface area contributed by atoms with E-state index < -0.39 is 5.82 Å². The number of aromatic nitrogens is 2. The summed E-state index contributed by atoms with van der Waals surface area (Å²) < 4.78 is 14.0. The van der Waals surface area contributed by atoms with Gasteiger partial charge in [-0.3, -0.25) is 4.79 Å². The first-order chi connectivity index (χ1) is 12.0. The second kappa shape index (κ2) is 6.86. The summed E-state index contributed by atoms with van der Waals surface area (Å²) in [6, 6.07) is 6.23. The van der Waals surface area contributed by atoms with Crippen molar-refractivity contribution in [3.63, 3.8) is 0 Å². The monoisotopic (exact) mass is 342 g/mol. The van der Waals surface area contributed by atoms with Gasteiger partial charge in [0, 0.05) is 31.1 Å². The lowest BCUT2D eigenvalue weighted by Crippen LogP contribution is -2.44. The summed E-state index contributed by atoms with van der Waals surface area (Å²) >= 11 is 0. The summed E-state index contributed by atoms with van der Waals surface area (Å²) in [4.78, 5) is 22.2. The zero-order valence-electron chi connectivity index (χ0n) is 13.8. The number of rotatable bonds is 3. The van der Waals surface area contributed by atoms with Gasteiger partial charge in [-0.2, -0.15) is 0 Å². The molecule has 0 unspecified atom stereocenters. The van der Waals surface area contributed by atoms with Gasteiger partial charge in [0.05, 0.1) is 17.8 Å². The molecule has 1 amide bonds. The summed E-state index contributed by atoms with van der Waals surface area (Å²) in [6.45, 7) is 2.32. The summed E-state index contributed by atoms with van der Waals surface area (Å²) in [5, 5.41) is 1.32. The van der Waals surface area contributed by atoms with Crippen molar-refractivity contribution in [1.82, 2.24) is 14.9 Å². The lowest BCUT2D eigenvalue weighted by atomic mass is 10.1. The lowest BCUT2D eigenvalue weighted by Gasteiger charge is -2.32. The molecule has 8 heteroatoms. The topological polar surface area (TPSA) is 101 Å². The molecule has 1 aromatic heterocycles. The summed E-state index contributed by atoms with van der Waals surface area (Å²) in [6.07, 6.45) is 3.59. The largest absolute Gasteiger partial charge is 0.399 e. The minimum absolute atomic E-state index is 0.0397. The quantitative estimate of drug-likeness (QED) is 0.644. The minimum Gasteiger partial charge on any atom is -0.399 e. The molecule has 2 heterocycles. The summed E-state index contributed by atoms with van der Waals surface area (Å²) in [5.74, 6) is 5.44. The third-order valence-electron chi connectivity index (χ3n) is 4.05. The smallest absolute Gasteiger partial charge is 0.257 e. The maximum absolute atomic E-state index is 14.0. The average molecular weight is 342 g/mol. The maximum atomic E-state index is 14.0. The molecule has 1 aliphatic rings. The second-order valence-electron chi connectivity index (χ2n) is 5.85. The number of hydrogen-bond acceptors (Lipinski definition) is 6. The van der Waals surface area contributed by atoms with Crippen LogP contribution in [-0.2, 0) is 0 Å². The molecule has 0 aliphatic carbocycles. The molecule has 0 atom stereocenters. The molecule has 1 aromatic carbocycles. The highest BCUT2D eigenvalue weighted by Crippen LogP contribution is 2.22. The van der Waals surface area contributed by atoms with Gasteiger partial charge in [-0.05, 0) is 30.7 Å². The van der Waals surface area contributed by atoms with Gasteiger partial charge in [-0.1, -0.05) is 6.07 Å². The fourth-order valence-electron chi connectivity index (χ4n) is 2.73. The SMILES string of the molecule is Cc1ccc(C(=O)N2CCC(N(N)c3ncccn3)=C(N)C2)c(F)c1. The van der Waals surface area contributed by atoms with Crippen LogP contribution in [0.4, 0.5) is 10.3 Å². The number of amides is 1. The first-order valence-electron chi connectivity index (χ1n) is 7.82. The molecule has 130 valence electrons. The van der Waals surface area contributed by atoms with Gasteiger partial charge < -0.3 is 10.6 Å². The first kappa shape index (κ1) is 16.8. The predicted octanol–water partition coefficient (Wildman–Crippen LogP) is 1.32. The number of carbonyl (C=O) groups is 1. The molecule has 0 saturated carbocycles. The average Bonchev–Trinajstić information content (AvgIpc) is 2.61. The van der Waals surface area contributed by atoms with Gasteiger partial charge >= 0.3 is 0 Å². The van der Waals surface area contributed by atoms with Crippen molar-refractivity contribution in [3.8, 4) is 0 Å². The van der Waals surface area contributed by atoms with Crippen molar-refractivity contribution < 1.29 is 9.18 Å².